The van der Waals surface area contributed by atoms with Crippen LogP contribution in [0.5, 0.6) is 11.8 Å². The Morgan fingerprint density at radius 1 is 1.29 bits per heavy atom. The zero-order valence-corrected chi connectivity index (χ0v) is 15.3. The van der Waals surface area contributed by atoms with E-state index >= 15 is 0 Å². The molecule has 6 nitrogen and oxygen atoms in total. The molecule has 0 radical (unpaired) electrons. The summed E-state index contributed by atoms with van der Waals surface area (Å²) in [5.74, 6) is 0.430. The van der Waals surface area contributed by atoms with E-state index in [0.29, 0.717) is 25.1 Å². The van der Waals surface area contributed by atoms with Crippen LogP contribution in [0.15, 0.2) is 36.5 Å². The van der Waals surface area contributed by atoms with E-state index in [1.807, 2.05) is 25.1 Å². The van der Waals surface area contributed by atoms with E-state index in [4.69, 9.17) is 9.47 Å². The molecule has 0 spiro atoms. The van der Waals surface area contributed by atoms with E-state index in [9.17, 15) is 18.0 Å². The number of aromatic nitrogens is 2. The van der Waals surface area contributed by atoms with Crippen molar-refractivity contribution in [3.63, 3.8) is 0 Å². The van der Waals surface area contributed by atoms with Gasteiger partial charge in [0, 0.05) is 12.7 Å². The van der Waals surface area contributed by atoms with E-state index in [-0.39, 0.29) is 25.1 Å². The third-order valence-corrected chi connectivity index (χ3v) is 4.37. The molecule has 1 aliphatic heterocycles. The van der Waals surface area contributed by atoms with Crippen molar-refractivity contribution in [3.8, 4) is 11.8 Å². The van der Waals surface area contributed by atoms with Gasteiger partial charge in [0.1, 0.15) is 11.9 Å². The Morgan fingerprint density at radius 3 is 2.82 bits per heavy atom. The lowest BCUT2D eigenvalue weighted by atomic mass is 10.1. The van der Waals surface area contributed by atoms with Crippen molar-refractivity contribution < 1.29 is 27.4 Å². The lowest BCUT2D eigenvalue weighted by Gasteiger charge is -2.32. The van der Waals surface area contributed by atoms with Crippen molar-refractivity contribution in [2.45, 2.75) is 32.0 Å². The first-order chi connectivity index (χ1) is 13.3. The number of nitrogens with zero attached hydrogens (tertiary/aromatic N) is 3. The van der Waals surface area contributed by atoms with E-state index in [2.05, 4.69) is 9.97 Å². The molecule has 1 saturated heterocycles. The molecule has 0 aliphatic carbocycles. The monoisotopic (exact) mass is 395 g/mol. The highest BCUT2D eigenvalue weighted by atomic mass is 19.4. The Morgan fingerprint density at radius 2 is 2.07 bits per heavy atom. The Bertz CT molecular complexity index is 829. The second kappa shape index (κ2) is 8.45. The van der Waals surface area contributed by atoms with Crippen LogP contribution in [-0.4, -0.2) is 46.6 Å². The number of ether oxygens (including phenoxy) is 2. The van der Waals surface area contributed by atoms with Gasteiger partial charge in [0.2, 0.25) is 0 Å². The third-order valence-electron chi connectivity index (χ3n) is 4.37. The number of hydrogen-bond donors (Lipinski definition) is 0. The summed E-state index contributed by atoms with van der Waals surface area (Å²) in [6.07, 6.45) is -2.77. The molecule has 1 aliphatic rings. The summed E-state index contributed by atoms with van der Waals surface area (Å²) in [4.78, 5) is 21.2. The fourth-order valence-corrected chi connectivity index (χ4v) is 2.91. The zero-order chi connectivity index (χ0) is 20.1. The van der Waals surface area contributed by atoms with Gasteiger partial charge in [-0.15, -0.1) is 0 Å². The molecule has 2 heterocycles. The van der Waals surface area contributed by atoms with Crippen LogP contribution < -0.4 is 9.47 Å². The normalized spacial score (nSPS) is 17.3. The van der Waals surface area contributed by atoms with Crippen molar-refractivity contribution in [2.75, 3.05) is 19.7 Å². The van der Waals surface area contributed by atoms with Crippen molar-refractivity contribution in [1.29, 1.82) is 0 Å². The van der Waals surface area contributed by atoms with Crippen molar-refractivity contribution in [2.24, 2.45) is 0 Å². The smallest absolute Gasteiger partial charge is 0.433 e. The molecule has 0 N–H and O–H groups in total. The van der Waals surface area contributed by atoms with E-state index in [1.165, 1.54) is 0 Å². The molecule has 2 aromatic rings. The van der Waals surface area contributed by atoms with Crippen LogP contribution in [0.1, 0.15) is 24.1 Å². The largest absolute Gasteiger partial charge is 0.484 e. The summed E-state index contributed by atoms with van der Waals surface area (Å²) in [6, 6.07) is 7.83. The Labute approximate surface area is 160 Å². The van der Waals surface area contributed by atoms with Gasteiger partial charge in [0.15, 0.2) is 12.3 Å². The van der Waals surface area contributed by atoms with Gasteiger partial charge >= 0.3 is 12.2 Å². The van der Waals surface area contributed by atoms with E-state index in [1.54, 1.807) is 11.0 Å². The number of likely N-dealkylation sites (tertiary alicyclic amines) is 1. The second-order valence-corrected chi connectivity index (χ2v) is 6.50. The van der Waals surface area contributed by atoms with Gasteiger partial charge in [-0.2, -0.15) is 18.2 Å². The SMILES string of the molecule is Cc1ccccc1OCC(=O)N1CCCC(Oc2nccc(C(F)(F)F)n2)C1. The summed E-state index contributed by atoms with van der Waals surface area (Å²) in [7, 11) is 0. The predicted molar refractivity (Wildman–Crippen MR) is 93.9 cm³/mol. The Balaban J connectivity index is 1.56. The van der Waals surface area contributed by atoms with Gasteiger partial charge in [-0.25, -0.2) is 4.98 Å². The van der Waals surface area contributed by atoms with Gasteiger partial charge in [-0.05, 0) is 37.5 Å². The average Bonchev–Trinajstić information content (AvgIpc) is 2.67. The van der Waals surface area contributed by atoms with Crippen molar-refractivity contribution in [1.82, 2.24) is 14.9 Å². The number of piperidine rings is 1. The number of halogens is 3. The molecule has 1 fully saturated rings. The Kier molecular flexibility index (Phi) is 6.01. The number of benzene rings is 1. The van der Waals surface area contributed by atoms with Gasteiger partial charge < -0.3 is 14.4 Å². The van der Waals surface area contributed by atoms with Gasteiger partial charge in [0.25, 0.3) is 5.91 Å². The first-order valence-electron chi connectivity index (χ1n) is 8.86. The third kappa shape index (κ3) is 5.11. The maximum absolute atomic E-state index is 12.8. The topological polar surface area (TPSA) is 64.5 Å². The highest BCUT2D eigenvalue weighted by molar-refractivity contribution is 5.78. The van der Waals surface area contributed by atoms with Crippen LogP contribution >= 0.6 is 0 Å². The van der Waals surface area contributed by atoms with Crippen LogP contribution in [0.2, 0.25) is 0 Å². The lowest BCUT2D eigenvalue weighted by Crippen LogP contribution is -2.46. The fraction of sp³-hybridized carbons (Fsp3) is 0.421. The van der Waals surface area contributed by atoms with Crippen molar-refractivity contribution >= 4 is 5.91 Å². The molecule has 3 rings (SSSR count). The number of para-hydroxylation sites is 1. The quantitative estimate of drug-likeness (QED) is 0.778. The lowest BCUT2D eigenvalue weighted by molar-refractivity contribution is -0.141. The molecule has 28 heavy (non-hydrogen) atoms. The van der Waals surface area contributed by atoms with Gasteiger partial charge in [-0.3, -0.25) is 4.79 Å². The Hall–Kier alpha value is -2.84. The highest BCUT2D eigenvalue weighted by Gasteiger charge is 2.33. The molecular weight excluding hydrogens is 375 g/mol. The molecule has 9 heteroatoms. The predicted octanol–water partition coefficient (Wildman–Crippen LogP) is 3.25. The fourth-order valence-electron chi connectivity index (χ4n) is 2.91. The van der Waals surface area contributed by atoms with Crippen LogP contribution in [0.4, 0.5) is 13.2 Å². The maximum atomic E-state index is 12.8. The van der Waals surface area contributed by atoms with E-state index in [0.717, 1.165) is 17.8 Å². The number of amides is 1. The van der Waals surface area contributed by atoms with Gasteiger partial charge in [0.05, 0.1) is 6.54 Å². The number of hydrogen-bond acceptors (Lipinski definition) is 5. The number of rotatable bonds is 5. The maximum Gasteiger partial charge on any atom is 0.433 e. The van der Waals surface area contributed by atoms with Gasteiger partial charge in [-0.1, -0.05) is 18.2 Å². The van der Waals surface area contributed by atoms with E-state index < -0.39 is 18.0 Å². The summed E-state index contributed by atoms with van der Waals surface area (Å²) in [6.45, 7) is 2.56. The van der Waals surface area contributed by atoms with Crippen LogP contribution in [0, 0.1) is 6.92 Å². The molecule has 150 valence electrons. The zero-order valence-electron chi connectivity index (χ0n) is 15.3. The molecular formula is C19H20F3N3O3. The van der Waals surface area contributed by atoms with Crippen molar-refractivity contribution in [3.05, 3.63) is 47.8 Å². The molecule has 1 unspecified atom stereocenters. The second-order valence-electron chi connectivity index (χ2n) is 6.50. The minimum absolute atomic E-state index is 0.113. The average molecular weight is 395 g/mol. The molecule has 1 aromatic heterocycles. The summed E-state index contributed by atoms with van der Waals surface area (Å²) < 4.78 is 49.3. The summed E-state index contributed by atoms with van der Waals surface area (Å²) >= 11 is 0. The standard InChI is InChI=1S/C19H20F3N3O3/c1-13-5-2-3-7-15(13)27-12-17(26)25-10-4-6-14(11-25)28-18-23-9-8-16(24-18)19(20,21)22/h2-3,5,7-9,14H,4,6,10-12H2,1H3. The van der Waals surface area contributed by atoms with Crippen LogP contribution in [0.25, 0.3) is 0 Å². The number of alkyl halides is 3. The summed E-state index contributed by atoms with van der Waals surface area (Å²) in [5.41, 5.74) is -0.135. The molecule has 0 bridgehead atoms. The molecule has 1 amide bonds. The number of carbonyl (C=O) groups is 1. The number of aryl methyl sites for hydroxylation is 1. The summed E-state index contributed by atoms with van der Waals surface area (Å²) in [5, 5.41) is 0. The molecule has 1 aromatic carbocycles. The number of carbonyl (C=O) groups excluding carboxylic acids is 1. The first-order valence-corrected chi connectivity index (χ1v) is 8.86. The minimum Gasteiger partial charge on any atom is -0.484 e. The van der Waals surface area contributed by atoms with Crippen LogP contribution in [0.3, 0.4) is 0 Å². The minimum atomic E-state index is -4.57. The first kappa shape index (κ1) is 19.9. The molecule has 0 saturated carbocycles. The highest BCUT2D eigenvalue weighted by Crippen LogP contribution is 2.28. The molecule has 1 atom stereocenters. The van der Waals surface area contributed by atoms with Crippen LogP contribution in [-0.2, 0) is 11.0 Å².